The third kappa shape index (κ3) is 15.4. The minimum absolute atomic E-state index is 0.598. The van der Waals surface area contributed by atoms with Gasteiger partial charge in [-0.1, -0.05) is 171 Å². The van der Waals surface area contributed by atoms with Crippen LogP contribution in [-0.2, 0) is 39.8 Å². The van der Waals surface area contributed by atoms with Gasteiger partial charge in [-0.05, 0) is 67.7 Å². The van der Waals surface area contributed by atoms with Crippen molar-refractivity contribution in [3.05, 3.63) is 152 Å². The monoisotopic (exact) mass is 930 g/mol. The molecule has 63 heavy (non-hydrogen) atoms. The van der Waals surface area contributed by atoms with Crippen LogP contribution >= 0.6 is 0 Å². The minimum Gasteiger partial charge on any atom is -0.400 e. The van der Waals surface area contributed by atoms with Crippen LogP contribution in [0.5, 0.6) is 0 Å². The molecule has 1 saturated carbocycles. The van der Waals surface area contributed by atoms with E-state index < -0.39 is 35.2 Å². The van der Waals surface area contributed by atoms with E-state index in [0.717, 1.165) is 37.4 Å². The lowest BCUT2D eigenvalue weighted by Gasteiger charge is -2.30. The summed E-state index contributed by atoms with van der Waals surface area (Å²) in [6, 6.07) is 50.9. The molecule has 0 saturated heterocycles. The lowest BCUT2D eigenvalue weighted by Crippen LogP contribution is -2.63. The first kappa shape index (κ1) is 53.9. The summed E-state index contributed by atoms with van der Waals surface area (Å²) in [5, 5.41) is 5.59. The lowest BCUT2D eigenvalue weighted by molar-refractivity contribution is 0.0859. The maximum Gasteiger partial charge on any atom is 0.537 e. The first-order valence-electron chi connectivity index (χ1n) is 22.4. The van der Waals surface area contributed by atoms with Crippen molar-refractivity contribution in [2.24, 2.45) is 5.92 Å². The van der Waals surface area contributed by atoms with Crippen molar-refractivity contribution in [3.8, 4) is 0 Å². The zero-order valence-electron chi connectivity index (χ0n) is 39.5. The van der Waals surface area contributed by atoms with Crippen molar-refractivity contribution in [3.63, 3.8) is 0 Å². The maximum atomic E-state index is 6.16. The maximum absolute atomic E-state index is 6.16. The van der Waals surface area contributed by atoms with Crippen molar-refractivity contribution in [1.82, 2.24) is 0 Å². The van der Waals surface area contributed by atoms with Gasteiger partial charge in [-0.3, -0.25) is 0 Å². The van der Waals surface area contributed by atoms with Crippen molar-refractivity contribution < 1.29 is 39.8 Å². The summed E-state index contributed by atoms with van der Waals surface area (Å²) in [4.78, 5) is 0. The number of benzene rings is 5. The molecule has 5 aromatic rings. The Labute approximate surface area is 384 Å². The summed E-state index contributed by atoms with van der Waals surface area (Å²) in [6.45, 7) is 15.3. The Kier molecular flexibility index (Phi) is 25.6. The fourth-order valence-corrected chi connectivity index (χ4v) is 18.4. The van der Waals surface area contributed by atoms with Gasteiger partial charge in [0.2, 0.25) is 0 Å². The highest BCUT2D eigenvalue weighted by Crippen LogP contribution is 2.38. The quantitative estimate of drug-likeness (QED) is 0.0739. The summed E-state index contributed by atoms with van der Waals surface area (Å²) < 4.78 is 52.0. The lowest BCUT2D eigenvalue weighted by atomic mass is 10.1. The van der Waals surface area contributed by atoms with Crippen LogP contribution in [0, 0.1) is 5.92 Å². The number of hydrogen-bond acceptors (Lipinski definition) is 9. The van der Waals surface area contributed by atoms with Gasteiger partial charge in [-0.15, -0.1) is 0 Å². The van der Waals surface area contributed by atoms with Crippen LogP contribution in [0.2, 0.25) is 5.54 Å². The Morgan fingerprint density at radius 3 is 0.968 bits per heavy atom. The van der Waals surface area contributed by atoms with Crippen LogP contribution in [0.3, 0.4) is 0 Å². The van der Waals surface area contributed by atoms with Crippen molar-refractivity contribution in [2.45, 2.75) is 66.3 Å². The average Bonchev–Trinajstić information content (AvgIpc) is 3.77. The van der Waals surface area contributed by atoms with Gasteiger partial charge < -0.3 is 39.8 Å². The van der Waals surface area contributed by atoms with Crippen molar-refractivity contribution in [1.29, 1.82) is 0 Å². The molecule has 1 fully saturated rings. The van der Waals surface area contributed by atoms with Crippen LogP contribution in [-0.4, -0.2) is 96.7 Å². The highest BCUT2D eigenvalue weighted by atomic mass is 28.4. The molecule has 0 bridgehead atoms. The zero-order chi connectivity index (χ0) is 45.8. The molecule has 0 amide bonds. The first-order valence-corrected chi connectivity index (χ1v) is 29.3. The molecule has 344 valence electrons. The topological polar surface area (TPSA) is 83.1 Å². The van der Waals surface area contributed by atoms with E-state index in [-0.39, 0.29) is 0 Å². The third-order valence-corrected chi connectivity index (χ3v) is 23.3. The fraction of sp³-hybridized carbons (Fsp3) is 0.400. The molecular weight excluding hydrogens is 857 g/mol. The van der Waals surface area contributed by atoms with Crippen LogP contribution in [0.25, 0.3) is 0 Å². The van der Waals surface area contributed by atoms with Gasteiger partial charge in [0.1, 0.15) is 0 Å². The second-order valence-electron chi connectivity index (χ2n) is 14.6. The second kappa shape index (κ2) is 29.9. The molecule has 2 unspecified atom stereocenters. The van der Waals surface area contributed by atoms with Gasteiger partial charge in [0.05, 0.1) is 0 Å². The van der Waals surface area contributed by atoms with E-state index in [1.54, 1.807) is 28.4 Å². The van der Waals surface area contributed by atoms with Crippen LogP contribution < -0.4 is 25.9 Å². The Bertz CT molecular complexity index is 1750. The summed E-state index contributed by atoms with van der Waals surface area (Å²) in [6.07, 6.45) is 4.04. The molecule has 9 nitrogen and oxygen atoms in total. The molecule has 0 N–H and O–H groups in total. The Hall–Kier alpha value is -3.39. The van der Waals surface area contributed by atoms with E-state index in [4.69, 9.17) is 39.8 Å². The third-order valence-electron chi connectivity index (χ3n) is 10.8. The normalized spacial score (nSPS) is 15.0. The van der Waals surface area contributed by atoms with Crippen molar-refractivity contribution in [2.75, 3.05) is 61.5 Å². The first-order chi connectivity index (χ1) is 30.7. The second-order valence-corrected chi connectivity index (χ2v) is 25.9. The van der Waals surface area contributed by atoms with Gasteiger partial charge in [0, 0.05) is 72.2 Å². The number of hydrogen-bond donors (Lipinski definition) is 0. The van der Waals surface area contributed by atoms with Crippen LogP contribution in [0.1, 0.15) is 60.8 Å². The van der Waals surface area contributed by atoms with E-state index >= 15 is 0 Å². The summed E-state index contributed by atoms with van der Waals surface area (Å²) in [7, 11) is -2.02. The van der Waals surface area contributed by atoms with E-state index in [0.29, 0.717) is 33.0 Å². The molecule has 6 rings (SSSR count). The average molecular weight is 931 g/mol. The van der Waals surface area contributed by atoms with Crippen LogP contribution in [0.15, 0.2) is 152 Å². The molecule has 0 heterocycles. The number of rotatable bonds is 20. The van der Waals surface area contributed by atoms with Gasteiger partial charge in [0.15, 0.2) is 0 Å². The summed E-state index contributed by atoms with van der Waals surface area (Å²) >= 11 is 0. The standard InChI is InChI=1S/C16H20O2Si.C14H16O2Si.C12H20O3Si.C8H18O2Si/c1-3-17-19(18-4-2,15-11-7-5-8-12-15)16-13-9-6-10-14-16;1-15-17(16-2,13-9-5-3-6-10-13)14-11-7-4-8-12-14;1-4-13-16(14-5-2,15-6-3)12-10-8-7-9-11-12;1-7-5-4-6-8(7)11(9-2)10-3/h5-14H,3-4H2,1-2H3;3-12H,1-2H3;7-11H,4-6H2,1-3H3;7-8,11H,4-6H2,1-3H3. The molecule has 0 aliphatic heterocycles. The molecule has 0 aromatic heterocycles. The Morgan fingerprint density at radius 1 is 0.413 bits per heavy atom. The smallest absolute Gasteiger partial charge is 0.400 e. The predicted octanol–water partition coefficient (Wildman–Crippen LogP) is 7.48. The Morgan fingerprint density at radius 2 is 0.714 bits per heavy atom. The zero-order valence-corrected chi connectivity index (χ0v) is 43.7. The molecule has 2 atom stereocenters. The molecule has 0 spiro atoms. The largest absolute Gasteiger partial charge is 0.537 e. The molecular formula is C50H74O9Si4. The van der Waals surface area contributed by atoms with Gasteiger partial charge in [0.25, 0.3) is 0 Å². The van der Waals surface area contributed by atoms with Crippen LogP contribution in [0.4, 0.5) is 0 Å². The van der Waals surface area contributed by atoms with Crippen molar-refractivity contribution >= 4 is 61.1 Å². The van der Waals surface area contributed by atoms with Gasteiger partial charge in [-0.25, -0.2) is 0 Å². The van der Waals surface area contributed by atoms with Gasteiger partial charge in [-0.2, -0.15) is 0 Å². The Balaban J connectivity index is 0.000000227. The minimum atomic E-state index is -2.67. The van der Waals surface area contributed by atoms with E-state index in [1.807, 2.05) is 138 Å². The molecule has 5 aromatic carbocycles. The highest BCUT2D eigenvalue weighted by molar-refractivity contribution is 6.93. The summed E-state index contributed by atoms with van der Waals surface area (Å²) in [5.41, 5.74) is 0.755. The molecule has 13 heteroatoms. The van der Waals surface area contributed by atoms with E-state index in [2.05, 4.69) is 55.5 Å². The van der Waals surface area contributed by atoms with E-state index in [1.165, 1.54) is 19.3 Å². The molecule has 1 aliphatic rings. The van der Waals surface area contributed by atoms with E-state index in [9.17, 15) is 0 Å². The highest BCUT2D eigenvalue weighted by Gasteiger charge is 2.44. The van der Waals surface area contributed by atoms with Gasteiger partial charge >= 0.3 is 35.2 Å². The summed E-state index contributed by atoms with van der Waals surface area (Å²) in [5.74, 6) is 0.826. The predicted molar refractivity (Wildman–Crippen MR) is 268 cm³/mol. The molecule has 0 radical (unpaired) electrons. The fourth-order valence-electron chi connectivity index (χ4n) is 7.91. The molecule has 1 aliphatic carbocycles. The SMILES string of the molecule is CCO[Si](OCC)(OCC)c1ccccc1.CCO[Si](OCC)(c1ccccc1)c1ccccc1.CO[SiH](OC)C1CCCC1C.CO[Si](OC)(c1ccccc1)c1ccccc1.